The fourth-order valence-electron chi connectivity index (χ4n) is 2.89. The molecule has 0 N–H and O–H groups in total. The van der Waals surface area contributed by atoms with E-state index in [1.165, 1.54) is 4.31 Å². The molecule has 0 radical (unpaired) electrons. The van der Waals surface area contributed by atoms with Gasteiger partial charge < -0.3 is 4.74 Å². The van der Waals surface area contributed by atoms with Gasteiger partial charge >= 0.3 is 0 Å². The van der Waals surface area contributed by atoms with Crippen LogP contribution in [0.25, 0.3) is 0 Å². The molecule has 5 nitrogen and oxygen atoms in total. The van der Waals surface area contributed by atoms with Crippen molar-refractivity contribution < 1.29 is 13.2 Å². The molecule has 1 heterocycles. The van der Waals surface area contributed by atoms with Gasteiger partial charge in [-0.1, -0.05) is 37.3 Å². The molecule has 3 rings (SSSR count). The minimum Gasteiger partial charge on any atom is -0.367 e. The molecule has 0 spiro atoms. The maximum atomic E-state index is 12.7. The second-order valence-electron chi connectivity index (χ2n) is 6.15. The van der Waals surface area contributed by atoms with Crippen molar-refractivity contribution in [2.75, 3.05) is 26.7 Å². The lowest BCUT2D eigenvalue weighted by Gasteiger charge is -2.39. The summed E-state index contributed by atoms with van der Waals surface area (Å²) >= 11 is 0. The van der Waals surface area contributed by atoms with Crippen LogP contribution in [0.2, 0.25) is 0 Å². The highest BCUT2D eigenvalue weighted by Gasteiger charge is 2.42. The first kappa shape index (κ1) is 15.9. The Kier molecular flexibility index (Phi) is 4.54. The second kappa shape index (κ2) is 6.28. The summed E-state index contributed by atoms with van der Waals surface area (Å²) in [4.78, 5) is 0. The molecule has 122 valence electrons. The van der Waals surface area contributed by atoms with Crippen LogP contribution in [-0.2, 0) is 14.9 Å². The van der Waals surface area contributed by atoms with Gasteiger partial charge in [-0.3, -0.25) is 0 Å². The molecule has 1 saturated heterocycles. The van der Waals surface area contributed by atoms with Crippen molar-refractivity contribution in [3.63, 3.8) is 0 Å². The number of ether oxygens (including phenoxy) is 1. The van der Waals surface area contributed by atoms with Gasteiger partial charge in [-0.15, -0.1) is 0 Å². The third-order valence-electron chi connectivity index (χ3n) is 4.58. The highest BCUT2D eigenvalue weighted by Crippen LogP contribution is 2.40. The number of nitrogens with zero attached hydrogens (tertiary/aromatic N) is 2. The molecule has 2 aliphatic rings. The Labute approximate surface area is 133 Å². The average Bonchev–Trinajstić information content (AvgIpc) is 3.39. The van der Waals surface area contributed by atoms with E-state index in [-0.39, 0.29) is 12.2 Å². The molecule has 0 bridgehead atoms. The lowest BCUT2D eigenvalue weighted by Crippen LogP contribution is -2.51. The zero-order valence-electron chi connectivity index (χ0n) is 13.2. The molecule has 6 heteroatoms. The van der Waals surface area contributed by atoms with Gasteiger partial charge in [0.1, 0.15) is 0 Å². The largest absolute Gasteiger partial charge is 0.367 e. The number of morpholine rings is 1. The lowest BCUT2D eigenvalue weighted by atomic mass is 10.1. The third-order valence-corrected chi connectivity index (χ3v) is 6.57. The Morgan fingerprint density at radius 1 is 1.23 bits per heavy atom. The molecule has 1 aliphatic heterocycles. The lowest BCUT2D eigenvalue weighted by molar-refractivity contribution is -0.0757. The molecule has 1 aliphatic carbocycles. The van der Waals surface area contributed by atoms with Crippen molar-refractivity contribution in [1.82, 2.24) is 8.61 Å². The first-order valence-electron chi connectivity index (χ1n) is 7.94. The molecule has 2 atom stereocenters. The van der Waals surface area contributed by atoms with Crippen LogP contribution in [0.4, 0.5) is 0 Å². The van der Waals surface area contributed by atoms with E-state index in [2.05, 4.69) is 0 Å². The van der Waals surface area contributed by atoms with Crippen LogP contribution in [0.15, 0.2) is 30.3 Å². The van der Waals surface area contributed by atoms with Crippen LogP contribution in [0.3, 0.4) is 0 Å². The number of hydrogen-bond donors (Lipinski definition) is 0. The fourth-order valence-corrected chi connectivity index (χ4v) is 4.27. The third kappa shape index (κ3) is 3.20. The average molecular weight is 324 g/mol. The van der Waals surface area contributed by atoms with Crippen molar-refractivity contribution in [3.8, 4) is 0 Å². The summed E-state index contributed by atoms with van der Waals surface area (Å²) in [5, 5.41) is 0. The Bertz CT molecular complexity index is 601. The summed E-state index contributed by atoms with van der Waals surface area (Å²) in [5.74, 6) is 0.510. The van der Waals surface area contributed by atoms with Crippen molar-refractivity contribution in [1.29, 1.82) is 0 Å². The van der Waals surface area contributed by atoms with Gasteiger partial charge in [-0.2, -0.15) is 17.0 Å². The predicted octanol–water partition coefficient (Wildman–Crippen LogP) is 2.03. The first-order chi connectivity index (χ1) is 10.5. The van der Waals surface area contributed by atoms with E-state index in [4.69, 9.17) is 4.74 Å². The number of hydrogen-bond acceptors (Lipinski definition) is 3. The maximum Gasteiger partial charge on any atom is 0.281 e. The van der Waals surface area contributed by atoms with Gasteiger partial charge in [0, 0.05) is 26.7 Å². The minimum absolute atomic E-state index is 0.0130. The molecule has 0 unspecified atom stereocenters. The molecule has 1 saturated carbocycles. The molecule has 2 fully saturated rings. The zero-order chi connectivity index (χ0) is 15.7. The van der Waals surface area contributed by atoms with Crippen LogP contribution < -0.4 is 0 Å². The Balaban J connectivity index is 1.84. The van der Waals surface area contributed by atoms with E-state index in [0.717, 1.165) is 18.4 Å². The number of benzene rings is 1. The van der Waals surface area contributed by atoms with Crippen LogP contribution in [0.1, 0.15) is 31.4 Å². The van der Waals surface area contributed by atoms with Gasteiger partial charge in [-0.05, 0) is 24.3 Å². The van der Waals surface area contributed by atoms with Gasteiger partial charge in [0.2, 0.25) is 0 Å². The fraction of sp³-hybridized carbons (Fsp3) is 0.625. The monoisotopic (exact) mass is 324 g/mol. The molecule has 0 amide bonds. The van der Waals surface area contributed by atoms with Crippen molar-refractivity contribution in [3.05, 3.63) is 35.9 Å². The summed E-state index contributed by atoms with van der Waals surface area (Å²) in [6.07, 6.45) is 2.12. The summed E-state index contributed by atoms with van der Waals surface area (Å²) in [7, 11) is -1.77. The molecule has 0 aromatic heterocycles. The highest BCUT2D eigenvalue weighted by atomic mass is 32.2. The van der Waals surface area contributed by atoms with Gasteiger partial charge in [0.25, 0.3) is 10.2 Å². The van der Waals surface area contributed by atoms with E-state index >= 15 is 0 Å². The Morgan fingerprint density at radius 3 is 2.50 bits per heavy atom. The summed E-state index contributed by atoms with van der Waals surface area (Å²) in [6, 6.07) is 9.92. The van der Waals surface area contributed by atoms with E-state index in [1.807, 2.05) is 37.3 Å². The first-order valence-corrected chi connectivity index (χ1v) is 9.34. The van der Waals surface area contributed by atoms with Crippen LogP contribution >= 0.6 is 0 Å². The maximum absolute atomic E-state index is 12.7. The summed E-state index contributed by atoms with van der Waals surface area (Å²) in [6.45, 7) is 3.19. The zero-order valence-corrected chi connectivity index (χ0v) is 14.0. The van der Waals surface area contributed by atoms with E-state index in [0.29, 0.717) is 25.6 Å². The van der Waals surface area contributed by atoms with Crippen molar-refractivity contribution in [2.24, 2.45) is 5.92 Å². The van der Waals surface area contributed by atoms with E-state index in [9.17, 15) is 8.42 Å². The Hall–Kier alpha value is -0.950. The van der Waals surface area contributed by atoms with Crippen LogP contribution in [0, 0.1) is 5.92 Å². The van der Waals surface area contributed by atoms with Crippen molar-refractivity contribution in [2.45, 2.75) is 32.0 Å². The molecule has 22 heavy (non-hydrogen) atoms. The van der Waals surface area contributed by atoms with Crippen LogP contribution in [-0.4, -0.2) is 49.8 Å². The Morgan fingerprint density at radius 2 is 1.91 bits per heavy atom. The van der Waals surface area contributed by atoms with E-state index < -0.39 is 10.2 Å². The normalized spacial score (nSPS) is 27.2. The minimum atomic E-state index is -3.41. The summed E-state index contributed by atoms with van der Waals surface area (Å²) < 4.78 is 34.6. The molecular weight excluding hydrogens is 300 g/mol. The summed E-state index contributed by atoms with van der Waals surface area (Å²) in [5.41, 5.74) is 1.05. The molecular formula is C16H24N2O3S. The SMILES string of the molecule is CCN(C)S(=O)(=O)N1C[C@@H](c2ccccc2)O[C@@H](C2CC2)C1. The van der Waals surface area contributed by atoms with E-state index in [1.54, 1.807) is 11.4 Å². The predicted molar refractivity (Wildman–Crippen MR) is 85.6 cm³/mol. The molecule has 1 aromatic rings. The quantitative estimate of drug-likeness (QED) is 0.833. The number of rotatable bonds is 5. The van der Waals surface area contributed by atoms with Crippen LogP contribution in [0.5, 0.6) is 0 Å². The standard InChI is InChI=1S/C16H24N2O3S/c1-3-17(2)22(19,20)18-11-15(13-7-5-4-6-8-13)21-16(12-18)14-9-10-14/h4-8,14-16H,3,9-12H2,1-2H3/t15-,16+/m0/s1. The van der Waals surface area contributed by atoms with Gasteiger partial charge in [0.15, 0.2) is 0 Å². The van der Waals surface area contributed by atoms with Crippen molar-refractivity contribution >= 4 is 10.2 Å². The highest BCUT2D eigenvalue weighted by molar-refractivity contribution is 7.86. The van der Waals surface area contributed by atoms with Gasteiger partial charge in [0.05, 0.1) is 12.2 Å². The van der Waals surface area contributed by atoms with Gasteiger partial charge in [-0.25, -0.2) is 0 Å². The second-order valence-corrected chi connectivity index (χ2v) is 8.19. The molecule has 1 aromatic carbocycles. The topological polar surface area (TPSA) is 49.9 Å². The smallest absolute Gasteiger partial charge is 0.281 e.